The van der Waals surface area contributed by atoms with Gasteiger partial charge in [-0.15, -0.1) is 0 Å². The molecule has 1 aliphatic rings. The molecule has 1 aromatic rings. The number of carbonyl (C=O) groups excluding carboxylic acids is 1. The summed E-state index contributed by atoms with van der Waals surface area (Å²) < 4.78 is 5.56. The lowest BCUT2D eigenvalue weighted by Crippen LogP contribution is -2.40. The normalized spacial score (nSPS) is 15.2. The lowest BCUT2D eigenvalue weighted by Gasteiger charge is -2.20. The van der Waals surface area contributed by atoms with Crippen molar-refractivity contribution in [3.8, 4) is 5.75 Å². The molecule has 0 aliphatic carbocycles. The predicted octanol–water partition coefficient (Wildman–Crippen LogP) is 1.41. The average molecular weight is 232 g/mol. The number of rotatable bonds is 4. The Labute approximate surface area is 101 Å². The SMILES string of the molecule is CC1=C(CCOc2ccccc2)C(=O)NCN1. The quantitative estimate of drug-likeness (QED) is 0.825. The lowest BCUT2D eigenvalue weighted by molar-refractivity contribution is -0.118. The summed E-state index contributed by atoms with van der Waals surface area (Å²) in [6.45, 7) is 2.93. The first-order chi connectivity index (χ1) is 8.27. The van der Waals surface area contributed by atoms with Crippen LogP contribution in [0.25, 0.3) is 0 Å². The Morgan fingerprint density at radius 2 is 2.00 bits per heavy atom. The molecule has 4 nitrogen and oxygen atoms in total. The smallest absolute Gasteiger partial charge is 0.250 e. The van der Waals surface area contributed by atoms with Crippen LogP contribution in [-0.4, -0.2) is 19.2 Å². The van der Waals surface area contributed by atoms with Crippen molar-refractivity contribution in [1.29, 1.82) is 0 Å². The fourth-order valence-electron chi connectivity index (χ4n) is 1.73. The minimum absolute atomic E-state index is 0.00193. The van der Waals surface area contributed by atoms with E-state index in [0.717, 1.165) is 17.0 Å². The first-order valence-electron chi connectivity index (χ1n) is 5.67. The third kappa shape index (κ3) is 3.00. The van der Waals surface area contributed by atoms with Crippen LogP contribution in [0, 0.1) is 0 Å². The van der Waals surface area contributed by atoms with E-state index < -0.39 is 0 Å². The standard InChI is InChI=1S/C13H16N2O2/c1-10-12(13(16)15-9-14-10)7-8-17-11-5-3-2-4-6-11/h2-6,14H,7-9H2,1H3,(H,15,16). The predicted molar refractivity (Wildman–Crippen MR) is 65.4 cm³/mol. The van der Waals surface area contributed by atoms with Crippen LogP contribution >= 0.6 is 0 Å². The molecule has 1 heterocycles. The van der Waals surface area contributed by atoms with Crippen molar-refractivity contribution in [3.63, 3.8) is 0 Å². The molecule has 0 bridgehead atoms. The van der Waals surface area contributed by atoms with Crippen molar-refractivity contribution in [2.24, 2.45) is 0 Å². The van der Waals surface area contributed by atoms with Gasteiger partial charge in [0.25, 0.3) is 0 Å². The number of ether oxygens (including phenoxy) is 1. The van der Waals surface area contributed by atoms with E-state index in [1.807, 2.05) is 37.3 Å². The zero-order valence-electron chi connectivity index (χ0n) is 9.82. The Bertz CT molecular complexity index is 426. The lowest BCUT2D eigenvalue weighted by atomic mass is 10.1. The van der Waals surface area contributed by atoms with Crippen LogP contribution in [-0.2, 0) is 4.79 Å². The Morgan fingerprint density at radius 1 is 1.24 bits per heavy atom. The van der Waals surface area contributed by atoms with E-state index in [0.29, 0.717) is 19.7 Å². The summed E-state index contributed by atoms with van der Waals surface area (Å²) in [5.41, 5.74) is 1.71. The first kappa shape index (κ1) is 11.5. The van der Waals surface area contributed by atoms with Gasteiger partial charge >= 0.3 is 0 Å². The van der Waals surface area contributed by atoms with Crippen LogP contribution in [0.3, 0.4) is 0 Å². The van der Waals surface area contributed by atoms with E-state index in [1.54, 1.807) is 0 Å². The molecule has 2 rings (SSSR count). The number of amides is 1. The molecule has 2 N–H and O–H groups in total. The van der Waals surface area contributed by atoms with Crippen LogP contribution in [0.4, 0.5) is 0 Å². The van der Waals surface area contributed by atoms with Gasteiger partial charge in [-0.2, -0.15) is 0 Å². The molecule has 0 spiro atoms. The molecule has 0 fully saturated rings. The van der Waals surface area contributed by atoms with Crippen molar-refractivity contribution in [2.75, 3.05) is 13.3 Å². The zero-order valence-corrected chi connectivity index (χ0v) is 9.82. The van der Waals surface area contributed by atoms with Gasteiger partial charge in [0, 0.05) is 17.7 Å². The highest BCUT2D eigenvalue weighted by Crippen LogP contribution is 2.13. The van der Waals surface area contributed by atoms with Gasteiger partial charge in [-0.1, -0.05) is 18.2 Å². The van der Waals surface area contributed by atoms with E-state index >= 15 is 0 Å². The topological polar surface area (TPSA) is 50.4 Å². The van der Waals surface area contributed by atoms with Gasteiger partial charge in [0.2, 0.25) is 5.91 Å². The van der Waals surface area contributed by atoms with E-state index in [4.69, 9.17) is 4.74 Å². The third-order valence-corrected chi connectivity index (χ3v) is 2.69. The fraction of sp³-hybridized carbons (Fsp3) is 0.308. The van der Waals surface area contributed by atoms with Crippen molar-refractivity contribution in [3.05, 3.63) is 41.6 Å². The third-order valence-electron chi connectivity index (χ3n) is 2.69. The molecule has 0 radical (unpaired) electrons. The maximum absolute atomic E-state index is 11.6. The molecule has 0 saturated heterocycles. The number of carbonyl (C=O) groups is 1. The highest BCUT2D eigenvalue weighted by atomic mass is 16.5. The van der Waals surface area contributed by atoms with Gasteiger partial charge < -0.3 is 15.4 Å². The van der Waals surface area contributed by atoms with Gasteiger partial charge in [0.1, 0.15) is 5.75 Å². The molecule has 4 heteroatoms. The van der Waals surface area contributed by atoms with Gasteiger partial charge in [-0.3, -0.25) is 4.79 Å². The summed E-state index contributed by atoms with van der Waals surface area (Å²) in [5, 5.41) is 5.85. The summed E-state index contributed by atoms with van der Waals surface area (Å²) in [6.07, 6.45) is 0.611. The number of para-hydroxylation sites is 1. The fourth-order valence-corrected chi connectivity index (χ4v) is 1.73. The monoisotopic (exact) mass is 232 g/mol. The first-order valence-corrected chi connectivity index (χ1v) is 5.67. The van der Waals surface area contributed by atoms with E-state index in [1.165, 1.54) is 0 Å². The molecule has 0 unspecified atom stereocenters. The highest BCUT2D eigenvalue weighted by molar-refractivity contribution is 5.94. The van der Waals surface area contributed by atoms with E-state index in [9.17, 15) is 4.79 Å². The van der Waals surface area contributed by atoms with Crippen molar-refractivity contribution >= 4 is 5.91 Å². The van der Waals surface area contributed by atoms with Crippen LogP contribution in [0.15, 0.2) is 41.6 Å². The summed E-state index contributed by atoms with van der Waals surface area (Å²) in [4.78, 5) is 11.6. The average Bonchev–Trinajstić information content (AvgIpc) is 2.34. The largest absolute Gasteiger partial charge is 0.493 e. The minimum Gasteiger partial charge on any atom is -0.493 e. The second-order valence-corrected chi connectivity index (χ2v) is 3.87. The molecule has 1 aromatic carbocycles. The van der Waals surface area contributed by atoms with Crippen LogP contribution in [0.2, 0.25) is 0 Å². The van der Waals surface area contributed by atoms with Gasteiger partial charge in [-0.25, -0.2) is 0 Å². The maximum atomic E-state index is 11.6. The Morgan fingerprint density at radius 3 is 2.71 bits per heavy atom. The minimum atomic E-state index is -0.00193. The summed E-state index contributed by atoms with van der Waals surface area (Å²) >= 11 is 0. The van der Waals surface area contributed by atoms with Gasteiger partial charge in [0.05, 0.1) is 13.3 Å². The molecular weight excluding hydrogens is 216 g/mol. The van der Waals surface area contributed by atoms with Gasteiger partial charge in [-0.05, 0) is 19.1 Å². The molecular formula is C13H16N2O2. The zero-order chi connectivity index (χ0) is 12.1. The van der Waals surface area contributed by atoms with E-state index in [-0.39, 0.29) is 5.91 Å². The number of nitrogens with one attached hydrogen (secondary N) is 2. The molecule has 0 aromatic heterocycles. The van der Waals surface area contributed by atoms with Crippen LogP contribution in [0.1, 0.15) is 13.3 Å². The van der Waals surface area contributed by atoms with Crippen molar-refractivity contribution in [1.82, 2.24) is 10.6 Å². The van der Waals surface area contributed by atoms with E-state index in [2.05, 4.69) is 10.6 Å². The van der Waals surface area contributed by atoms with Crippen molar-refractivity contribution < 1.29 is 9.53 Å². The molecule has 0 saturated carbocycles. The Balaban J connectivity index is 1.88. The summed E-state index contributed by atoms with van der Waals surface area (Å²) in [7, 11) is 0. The number of hydrogen-bond donors (Lipinski definition) is 2. The molecule has 90 valence electrons. The molecule has 0 atom stereocenters. The summed E-state index contributed by atoms with van der Waals surface area (Å²) in [6, 6.07) is 9.60. The number of benzene rings is 1. The molecule has 1 amide bonds. The molecule has 1 aliphatic heterocycles. The second-order valence-electron chi connectivity index (χ2n) is 3.87. The Hall–Kier alpha value is -1.97. The van der Waals surface area contributed by atoms with Gasteiger partial charge in [0.15, 0.2) is 0 Å². The highest BCUT2D eigenvalue weighted by Gasteiger charge is 2.16. The maximum Gasteiger partial charge on any atom is 0.250 e. The summed E-state index contributed by atoms with van der Waals surface area (Å²) in [5.74, 6) is 0.827. The number of hydrogen-bond acceptors (Lipinski definition) is 3. The van der Waals surface area contributed by atoms with Crippen LogP contribution < -0.4 is 15.4 Å². The molecule has 17 heavy (non-hydrogen) atoms. The van der Waals surface area contributed by atoms with Crippen LogP contribution in [0.5, 0.6) is 5.75 Å². The second kappa shape index (κ2) is 5.39. The van der Waals surface area contributed by atoms with Crippen molar-refractivity contribution in [2.45, 2.75) is 13.3 Å². The Kier molecular flexibility index (Phi) is 3.65. The number of allylic oxidation sites excluding steroid dienone is 1.